The van der Waals surface area contributed by atoms with Crippen molar-refractivity contribution in [3.8, 4) is 0 Å². The Morgan fingerprint density at radius 1 is 1.04 bits per heavy atom. The van der Waals surface area contributed by atoms with Gasteiger partial charge in [-0.05, 0) is 44.0 Å². The molecule has 1 atom stereocenters. The van der Waals surface area contributed by atoms with Crippen molar-refractivity contribution in [2.75, 3.05) is 26.7 Å². The molecular weight excluding hydrogens is 332 g/mol. The van der Waals surface area contributed by atoms with Crippen LogP contribution in [0, 0.1) is 6.92 Å². The lowest BCUT2D eigenvalue weighted by atomic mass is 10.0. The summed E-state index contributed by atoms with van der Waals surface area (Å²) < 4.78 is 0. The van der Waals surface area contributed by atoms with Crippen LogP contribution in [0.2, 0.25) is 0 Å². The minimum absolute atomic E-state index is 0.106. The molecule has 1 heterocycles. The van der Waals surface area contributed by atoms with Crippen molar-refractivity contribution in [1.82, 2.24) is 9.80 Å². The van der Waals surface area contributed by atoms with E-state index in [0.29, 0.717) is 6.42 Å². The van der Waals surface area contributed by atoms with E-state index in [1.54, 1.807) is 0 Å². The molecule has 0 radical (unpaired) electrons. The van der Waals surface area contributed by atoms with Crippen LogP contribution >= 0.6 is 0 Å². The molecule has 0 unspecified atom stereocenters. The summed E-state index contributed by atoms with van der Waals surface area (Å²) >= 11 is 0. The van der Waals surface area contributed by atoms with Gasteiger partial charge in [-0.25, -0.2) is 0 Å². The van der Waals surface area contributed by atoms with Crippen LogP contribution < -0.4 is 0 Å². The van der Waals surface area contributed by atoms with Crippen LogP contribution in [-0.2, 0) is 11.2 Å². The Hall–Kier alpha value is -2.13. The van der Waals surface area contributed by atoms with Gasteiger partial charge >= 0.3 is 0 Å². The van der Waals surface area contributed by atoms with E-state index in [2.05, 4.69) is 36.1 Å². The van der Waals surface area contributed by atoms with Gasteiger partial charge in [-0.3, -0.25) is 4.79 Å². The minimum atomic E-state index is 0.106. The highest BCUT2D eigenvalue weighted by molar-refractivity contribution is 5.79. The number of likely N-dealkylation sites (N-methyl/N-ethyl adjacent to an activating group) is 1. The highest BCUT2D eigenvalue weighted by Gasteiger charge is 2.25. The third-order valence-electron chi connectivity index (χ3n) is 5.12. The molecule has 0 aliphatic carbocycles. The molecule has 146 valence electrons. The molecule has 0 N–H and O–H groups in total. The Kier molecular flexibility index (Phi) is 8.53. The summed E-state index contributed by atoms with van der Waals surface area (Å²) in [5.74, 6) is 0.178. The summed E-state index contributed by atoms with van der Waals surface area (Å²) in [7, 11) is 1.95. The Labute approximate surface area is 165 Å². The second kappa shape index (κ2) is 10.9. The number of carbonyl (C=O) groups is 1. The van der Waals surface area contributed by atoms with Crippen LogP contribution in [0.3, 0.4) is 0 Å². The van der Waals surface area contributed by atoms with Crippen molar-refractivity contribution in [3.05, 3.63) is 71.3 Å². The van der Waals surface area contributed by atoms with Crippen molar-refractivity contribution in [2.24, 2.45) is 0 Å². The summed E-state index contributed by atoms with van der Waals surface area (Å²) in [6, 6.07) is 18.7. The van der Waals surface area contributed by atoms with E-state index in [4.69, 9.17) is 0 Å². The van der Waals surface area contributed by atoms with E-state index in [0.717, 1.165) is 25.2 Å². The third-order valence-corrected chi connectivity index (χ3v) is 5.12. The van der Waals surface area contributed by atoms with Crippen LogP contribution in [0.25, 0.3) is 0 Å². The molecule has 1 fully saturated rings. The average Bonchev–Trinajstić information content (AvgIpc) is 3.21. The molecule has 3 rings (SSSR count). The van der Waals surface area contributed by atoms with E-state index in [-0.39, 0.29) is 11.9 Å². The van der Waals surface area contributed by atoms with Crippen LogP contribution in [-0.4, -0.2) is 42.4 Å². The number of benzene rings is 2. The second-order valence-electron chi connectivity index (χ2n) is 7.10. The van der Waals surface area contributed by atoms with E-state index in [9.17, 15) is 4.79 Å². The zero-order valence-corrected chi connectivity index (χ0v) is 17.3. The molecule has 2 aromatic carbocycles. The molecule has 0 bridgehead atoms. The SMILES string of the molecule is CC.Cc1cccc([C@@H](CN2CCCC2)N(C)C(=O)Cc2ccccc2)c1. The third kappa shape index (κ3) is 6.21. The zero-order valence-electron chi connectivity index (χ0n) is 17.3. The van der Waals surface area contributed by atoms with Gasteiger partial charge in [0.15, 0.2) is 0 Å². The van der Waals surface area contributed by atoms with Crippen molar-refractivity contribution < 1.29 is 4.79 Å². The Morgan fingerprint density at radius 3 is 2.33 bits per heavy atom. The van der Waals surface area contributed by atoms with Gasteiger partial charge in [0.25, 0.3) is 0 Å². The van der Waals surface area contributed by atoms with Crippen LogP contribution in [0.5, 0.6) is 0 Å². The molecule has 0 saturated carbocycles. The fourth-order valence-corrected chi connectivity index (χ4v) is 3.61. The van der Waals surface area contributed by atoms with Crippen LogP contribution in [0.4, 0.5) is 0 Å². The second-order valence-corrected chi connectivity index (χ2v) is 7.10. The van der Waals surface area contributed by atoms with Crippen molar-refractivity contribution in [3.63, 3.8) is 0 Å². The summed E-state index contributed by atoms with van der Waals surface area (Å²) in [5, 5.41) is 0. The molecule has 1 aliphatic heterocycles. The van der Waals surface area contributed by atoms with Gasteiger partial charge in [-0.2, -0.15) is 0 Å². The first-order chi connectivity index (χ1) is 13.1. The molecule has 3 heteroatoms. The Balaban J connectivity index is 0.00000126. The first-order valence-electron chi connectivity index (χ1n) is 10.2. The van der Waals surface area contributed by atoms with Gasteiger partial charge in [0.2, 0.25) is 5.91 Å². The normalized spacial score (nSPS) is 15.0. The van der Waals surface area contributed by atoms with Crippen molar-refractivity contribution in [2.45, 2.75) is 46.1 Å². The van der Waals surface area contributed by atoms with Crippen LogP contribution in [0.1, 0.15) is 49.4 Å². The monoisotopic (exact) mass is 366 g/mol. The molecule has 0 aromatic heterocycles. The van der Waals surface area contributed by atoms with Gasteiger partial charge in [0.1, 0.15) is 0 Å². The van der Waals surface area contributed by atoms with Crippen molar-refractivity contribution in [1.29, 1.82) is 0 Å². The molecule has 27 heavy (non-hydrogen) atoms. The number of likely N-dealkylation sites (tertiary alicyclic amines) is 1. The molecular formula is C24H34N2O. The number of hydrogen-bond donors (Lipinski definition) is 0. The summed E-state index contributed by atoms with van der Waals surface area (Å²) in [5.41, 5.74) is 3.55. The highest BCUT2D eigenvalue weighted by atomic mass is 16.2. The lowest BCUT2D eigenvalue weighted by molar-refractivity contribution is -0.131. The number of hydrogen-bond acceptors (Lipinski definition) is 2. The van der Waals surface area contributed by atoms with Crippen molar-refractivity contribution >= 4 is 5.91 Å². The Morgan fingerprint density at radius 2 is 1.70 bits per heavy atom. The largest absolute Gasteiger partial charge is 0.337 e. The predicted molar refractivity (Wildman–Crippen MR) is 114 cm³/mol. The minimum Gasteiger partial charge on any atom is -0.337 e. The fraction of sp³-hybridized carbons (Fsp3) is 0.458. The number of nitrogens with zero attached hydrogens (tertiary/aromatic N) is 2. The first-order valence-corrected chi connectivity index (χ1v) is 10.2. The van der Waals surface area contributed by atoms with Gasteiger partial charge < -0.3 is 9.80 Å². The Bertz CT molecular complexity index is 693. The maximum absolute atomic E-state index is 12.9. The quantitative estimate of drug-likeness (QED) is 0.729. The fourth-order valence-electron chi connectivity index (χ4n) is 3.61. The van der Waals surface area contributed by atoms with Gasteiger partial charge in [0, 0.05) is 13.6 Å². The topological polar surface area (TPSA) is 23.6 Å². The van der Waals surface area contributed by atoms with E-state index in [1.165, 1.54) is 24.0 Å². The summed E-state index contributed by atoms with van der Waals surface area (Å²) in [4.78, 5) is 17.3. The maximum atomic E-state index is 12.9. The molecule has 3 nitrogen and oxygen atoms in total. The van der Waals surface area contributed by atoms with Gasteiger partial charge in [-0.1, -0.05) is 74.0 Å². The lowest BCUT2D eigenvalue weighted by Crippen LogP contribution is -2.39. The lowest BCUT2D eigenvalue weighted by Gasteiger charge is -2.32. The zero-order chi connectivity index (χ0) is 19.6. The number of aryl methyl sites for hydroxylation is 1. The number of amides is 1. The molecule has 0 spiro atoms. The smallest absolute Gasteiger partial charge is 0.227 e. The number of carbonyl (C=O) groups excluding carboxylic acids is 1. The maximum Gasteiger partial charge on any atom is 0.227 e. The molecule has 2 aromatic rings. The van der Waals surface area contributed by atoms with Gasteiger partial charge in [-0.15, -0.1) is 0 Å². The standard InChI is InChI=1S/C22H28N2O.C2H6/c1-18-9-8-12-20(15-18)21(17-24-13-6-7-14-24)23(2)22(25)16-19-10-4-3-5-11-19;1-2/h3-5,8-12,15,21H,6-7,13-14,16-17H2,1-2H3;1-2H3/t21-;/m1./s1. The molecule has 1 amide bonds. The predicted octanol–water partition coefficient (Wildman–Crippen LogP) is 4.86. The van der Waals surface area contributed by atoms with E-state index in [1.807, 2.05) is 56.1 Å². The van der Waals surface area contributed by atoms with E-state index >= 15 is 0 Å². The number of rotatable bonds is 6. The first kappa shape index (κ1) is 21.2. The van der Waals surface area contributed by atoms with E-state index < -0.39 is 0 Å². The van der Waals surface area contributed by atoms with Crippen LogP contribution in [0.15, 0.2) is 54.6 Å². The van der Waals surface area contributed by atoms with Gasteiger partial charge in [0.05, 0.1) is 12.5 Å². The molecule has 1 aliphatic rings. The summed E-state index contributed by atoms with van der Waals surface area (Å²) in [6.45, 7) is 9.31. The highest BCUT2D eigenvalue weighted by Crippen LogP contribution is 2.24. The summed E-state index contributed by atoms with van der Waals surface area (Å²) in [6.07, 6.45) is 2.99. The average molecular weight is 367 g/mol. The molecule has 1 saturated heterocycles.